The molecule has 0 radical (unpaired) electrons. The molecule has 90 valence electrons. The molecule has 3 aliphatic rings. The largest absolute Gasteiger partial charge is 0.338 e. The SMILES string of the molecule is CC1CCN1C(=O)C1CC2CCCCC2N1. The van der Waals surface area contributed by atoms with E-state index in [1.54, 1.807) is 0 Å². The van der Waals surface area contributed by atoms with Gasteiger partial charge >= 0.3 is 0 Å². The third kappa shape index (κ3) is 1.65. The van der Waals surface area contributed by atoms with Crippen LogP contribution in [-0.4, -0.2) is 35.5 Å². The van der Waals surface area contributed by atoms with Crippen LogP contribution in [0.15, 0.2) is 0 Å². The van der Waals surface area contributed by atoms with Crippen molar-refractivity contribution in [3.8, 4) is 0 Å². The van der Waals surface area contributed by atoms with Crippen molar-refractivity contribution in [1.29, 1.82) is 0 Å². The Bertz CT molecular complexity index is 278. The second-order valence-corrected chi connectivity index (χ2v) is 5.78. The summed E-state index contributed by atoms with van der Waals surface area (Å²) in [7, 11) is 0. The molecule has 4 unspecified atom stereocenters. The zero-order valence-corrected chi connectivity index (χ0v) is 10.1. The Labute approximate surface area is 97.6 Å². The number of amides is 1. The number of hydrogen-bond acceptors (Lipinski definition) is 2. The first-order valence-corrected chi connectivity index (χ1v) is 6.82. The Morgan fingerprint density at radius 2 is 2.06 bits per heavy atom. The van der Waals surface area contributed by atoms with Gasteiger partial charge in [-0.2, -0.15) is 0 Å². The Morgan fingerprint density at radius 1 is 1.25 bits per heavy atom. The lowest BCUT2D eigenvalue weighted by Gasteiger charge is -2.40. The lowest BCUT2D eigenvalue weighted by atomic mass is 9.85. The average molecular weight is 222 g/mol. The fraction of sp³-hybridized carbons (Fsp3) is 0.923. The van der Waals surface area contributed by atoms with Gasteiger partial charge in [0.1, 0.15) is 0 Å². The minimum Gasteiger partial charge on any atom is -0.338 e. The molecule has 2 aliphatic heterocycles. The van der Waals surface area contributed by atoms with E-state index in [1.807, 2.05) is 0 Å². The van der Waals surface area contributed by atoms with Crippen LogP contribution < -0.4 is 5.32 Å². The highest BCUT2D eigenvalue weighted by atomic mass is 16.2. The second-order valence-electron chi connectivity index (χ2n) is 5.78. The van der Waals surface area contributed by atoms with E-state index in [9.17, 15) is 4.79 Å². The van der Waals surface area contributed by atoms with E-state index in [0.717, 1.165) is 18.9 Å². The topological polar surface area (TPSA) is 32.3 Å². The molecule has 0 bridgehead atoms. The third-order valence-electron chi connectivity index (χ3n) is 4.76. The summed E-state index contributed by atoms with van der Waals surface area (Å²) in [6.45, 7) is 3.14. The molecule has 1 amide bonds. The van der Waals surface area contributed by atoms with Gasteiger partial charge in [-0.25, -0.2) is 0 Å². The molecular weight excluding hydrogens is 200 g/mol. The smallest absolute Gasteiger partial charge is 0.239 e. The van der Waals surface area contributed by atoms with Gasteiger partial charge in [0.2, 0.25) is 5.91 Å². The van der Waals surface area contributed by atoms with Crippen molar-refractivity contribution < 1.29 is 4.79 Å². The van der Waals surface area contributed by atoms with Gasteiger partial charge in [0.15, 0.2) is 0 Å². The van der Waals surface area contributed by atoms with Gasteiger partial charge in [-0.05, 0) is 38.5 Å². The predicted octanol–water partition coefficient (Wildman–Crippen LogP) is 1.53. The molecule has 16 heavy (non-hydrogen) atoms. The van der Waals surface area contributed by atoms with Crippen molar-refractivity contribution in [1.82, 2.24) is 10.2 Å². The first kappa shape index (κ1) is 10.6. The molecule has 2 heterocycles. The summed E-state index contributed by atoms with van der Waals surface area (Å²) in [5.74, 6) is 1.15. The van der Waals surface area contributed by atoms with E-state index in [-0.39, 0.29) is 6.04 Å². The maximum atomic E-state index is 12.2. The van der Waals surface area contributed by atoms with Crippen LogP contribution in [0.4, 0.5) is 0 Å². The molecule has 0 spiro atoms. The summed E-state index contributed by atoms with van der Waals surface area (Å²) in [6, 6.07) is 1.26. The quantitative estimate of drug-likeness (QED) is 0.729. The van der Waals surface area contributed by atoms with Crippen LogP contribution in [0.3, 0.4) is 0 Å². The molecule has 2 saturated heterocycles. The molecule has 0 aromatic rings. The van der Waals surface area contributed by atoms with Crippen molar-refractivity contribution in [2.45, 2.75) is 63.6 Å². The molecule has 3 heteroatoms. The van der Waals surface area contributed by atoms with E-state index >= 15 is 0 Å². The fourth-order valence-electron chi connectivity index (χ4n) is 3.55. The molecule has 0 aromatic carbocycles. The first-order chi connectivity index (χ1) is 7.75. The zero-order valence-electron chi connectivity index (χ0n) is 10.1. The Balaban J connectivity index is 1.62. The molecule has 4 atom stereocenters. The van der Waals surface area contributed by atoms with Gasteiger partial charge in [0, 0.05) is 18.6 Å². The van der Waals surface area contributed by atoms with E-state index < -0.39 is 0 Å². The summed E-state index contributed by atoms with van der Waals surface area (Å²) >= 11 is 0. The van der Waals surface area contributed by atoms with Crippen LogP contribution in [0, 0.1) is 5.92 Å². The molecule has 3 rings (SSSR count). The van der Waals surface area contributed by atoms with E-state index in [1.165, 1.54) is 32.1 Å². The second kappa shape index (κ2) is 4.02. The molecule has 3 fully saturated rings. The van der Waals surface area contributed by atoms with Crippen LogP contribution in [-0.2, 0) is 4.79 Å². The summed E-state index contributed by atoms with van der Waals surface area (Å²) < 4.78 is 0. The molecule has 3 nitrogen and oxygen atoms in total. The summed E-state index contributed by atoms with van der Waals surface area (Å²) in [5, 5.41) is 3.57. The number of likely N-dealkylation sites (tertiary alicyclic amines) is 1. The van der Waals surface area contributed by atoms with Gasteiger partial charge in [-0.1, -0.05) is 12.8 Å². The van der Waals surface area contributed by atoms with Crippen LogP contribution in [0.2, 0.25) is 0 Å². The highest BCUT2D eigenvalue weighted by molar-refractivity contribution is 5.83. The number of carbonyl (C=O) groups excluding carboxylic acids is 1. The molecule has 1 N–H and O–H groups in total. The van der Waals surface area contributed by atoms with Gasteiger partial charge in [0.05, 0.1) is 6.04 Å². The number of hydrogen-bond donors (Lipinski definition) is 1. The standard InChI is InChI=1S/C13H22N2O/c1-9-6-7-15(9)13(16)12-8-10-4-2-3-5-11(10)14-12/h9-12,14H,2-8H2,1H3. The molecule has 1 aliphatic carbocycles. The third-order valence-corrected chi connectivity index (χ3v) is 4.76. The van der Waals surface area contributed by atoms with Gasteiger partial charge in [-0.15, -0.1) is 0 Å². The molecule has 0 aromatic heterocycles. The monoisotopic (exact) mass is 222 g/mol. The minimum absolute atomic E-state index is 0.135. The van der Waals surface area contributed by atoms with Gasteiger partial charge in [0.25, 0.3) is 0 Å². The number of rotatable bonds is 1. The molecular formula is C13H22N2O. The maximum Gasteiger partial charge on any atom is 0.239 e. The van der Waals surface area contributed by atoms with Crippen molar-refractivity contribution in [3.05, 3.63) is 0 Å². The summed E-state index contributed by atoms with van der Waals surface area (Å²) in [6.07, 6.45) is 7.60. The van der Waals surface area contributed by atoms with Crippen molar-refractivity contribution in [2.24, 2.45) is 5.92 Å². The van der Waals surface area contributed by atoms with Crippen molar-refractivity contribution >= 4 is 5.91 Å². The Hall–Kier alpha value is -0.570. The van der Waals surface area contributed by atoms with Crippen molar-refractivity contribution in [2.75, 3.05) is 6.54 Å². The summed E-state index contributed by atoms with van der Waals surface area (Å²) in [5.41, 5.74) is 0. The lowest BCUT2D eigenvalue weighted by molar-refractivity contribution is -0.140. The fourth-order valence-corrected chi connectivity index (χ4v) is 3.55. The van der Waals surface area contributed by atoms with Gasteiger partial charge in [-0.3, -0.25) is 4.79 Å². The van der Waals surface area contributed by atoms with E-state index in [2.05, 4.69) is 17.1 Å². The van der Waals surface area contributed by atoms with Crippen LogP contribution in [0.25, 0.3) is 0 Å². The highest BCUT2D eigenvalue weighted by Gasteiger charge is 2.41. The number of fused-ring (bicyclic) bond motifs is 1. The van der Waals surface area contributed by atoms with Crippen LogP contribution in [0.1, 0.15) is 45.4 Å². The van der Waals surface area contributed by atoms with Crippen molar-refractivity contribution in [3.63, 3.8) is 0 Å². The van der Waals surface area contributed by atoms with Gasteiger partial charge < -0.3 is 10.2 Å². The number of carbonyl (C=O) groups is 1. The Morgan fingerprint density at radius 3 is 2.69 bits per heavy atom. The first-order valence-electron chi connectivity index (χ1n) is 6.82. The lowest BCUT2D eigenvalue weighted by Crippen LogP contribution is -2.55. The minimum atomic E-state index is 0.135. The van der Waals surface area contributed by atoms with Crippen LogP contribution >= 0.6 is 0 Å². The zero-order chi connectivity index (χ0) is 11.1. The predicted molar refractivity (Wildman–Crippen MR) is 63.1 cm³/mol. The Kier molecular flexibility index (Phi) is 2.66. The maximum absolute atomic E-state index is 12.2. The number of nitrogens with zero attached hydrogens (tertiary/aromatic N) is 1. The van der Waals surface area contributed by atoms with Crippen LogP contribution in [0.5, 0.6) is 0 Å². The number of nitrogens with one attached hydrogen (secondary N) is 1. The highest BCUT2D eigenvalue weighted by Crippen LogP contribution is 2.34. The normalized spacial score (nSPS) is 42.7. The van der Waals surface area contributed by atoms with E-state index in [4.69, 9.17) is 0 Å². The average Bonchev–Trinajstić information content (AvgIpc) is 2.70. The summed E-state index contributed by atoms with van der Waals surface area (Å²) in [4.78, 5) is 14.3. The van der Waals surface area contributed by atoms with E-state index in [0.29, 0.717) is 18.0 Å². The molecule has 1 saturated carbocycles.